The van der Waals surface area contributed by atoms with Gasteiger partial charge < -0.3 is 29.3 Å². The second-order valence-electron chi connectivity index (χ2n) is 13.1. The first-order chi connectivity index (χ1) is 19.7. The third-order valence-corrected chi connectivity index (χ3v) is 8.24. The fraction of sp³-hybridized carbons (Fsp3) is 0.710. The van der Waals surface area contributed by atoms with Gasteiger partial charge in [-0.1, -0.05) is 31.4 Å². The van der Waals surface area contributed by atoms with Gasteiger partial charge in [-0.2, -0.15) is 4.98 Å². The number of amides is 2. The smallest absolute Gasteiger partial charge is 0.423 e. The molecule has 42 heavy (non-hydrogen) atoms. The van der Waals surface area contributed by atoms with Gasteiger partial charge in [0.25, 0.3) is 6.01 Å². The van der Waals surface area contributed by atoms with E-state index >= 15 is 0 Å². The molecule has 2 aromatic rings. The summed E-state index contributed by atoms with van der Waals surface area (Å²) in [6.07, 6.45) is 5.07. The number of carbonyl (C=O) groups is 2. The number of nitrogens with one attached hydrogen (secondary N) is 2. The molecular weight excluding hydrogens is 555 g/mol. The summed E-state index contributed by atoms with van der Waals surface area (Å²) < 4.78 is 18.1. The van der Waals surface area contributed by atoms with E-state index in [1.54, 1.807) is 12.1 Å². The summed E-state index contributed by atoms with van der Waals surface area (Å²) in [7, 11) is -0.307. The maximum Gasteiger partial charge on any atom is 0.457 e. The summed E-state index contributed by atoms with van der Waals surface area (Å²) in [6, 6.07) is 5.96. The molecular formula is C31H50BClN4O5. The second-order valence-corrected chi connectivity index (χ2v) is 13.5. The van der Waals surface area contributed by atoms with E-state index in [4.69, 9.17) is 25.3 Å². The molecule has 2 N–H and O–H groups in total. The number of piperidine rings is 1. The molecule has 0 aliphatic carbocycles. The first-order valence-corrected chi connectivity index (χ1v) is 15.8. The summed E-state index contributed by atoms with van der Waals surface area (Å²) in [5.74, 6) is -0.404. The predicted molar refractivity (Wildman–Crippen MR) is 170 cm³/mol. The molecule has 0 bridgehead atoms. The van der Waals surface area contributed by atoms with Gasteiger partial charge in [-0.25, -0.2) is 0 Å². The molecule has 0 saturated carbocycles. The van der Waals surface area contributed by atoms with Crippen molar-refractivity contribution in [1.82, 2.24) is 15.6 Å². The Kier molecular flexibility index (Phi) is 11.8. The zero-order valence-corrected chi connectivity index (χ0v) is 27.5. The van der Waals surface area contributed by atoms with E-state index in [0.29, 0.717) is 61.9 Å². The zero-order valence-electron chi connectivity index (χ0n) is 26.8. The number of anilines is 1. The standard InChI is InChI=1S/C31H50BClN4O5/c1-9-30(7,8)42-32(40-10-2)18-12-11-17-31(35-22(3)38,27(39)36-29(4,5)6)23-15-19-37(20-16-23)28-34-25-14-13-24(33)21-26(25)41-28/h13-14,21,23H,9-12,15-20H2,1-8H3,(H,35,38)(H,36,39). The lowest BCUT2D eigenvalue weighted by Gasteiger charge is -2.45. The number of oxazole rings is 1. The molecule has 234 valence electrons. The number of unbranched alkanes of at least 4 members (excludes halogenated alkanes) is 1. The lowest BCUT2D eigenvalue weighted by atomic mass is 9.72. The van der Waals surface area contributed by atoms with Gasteiger partial charge in [0.05, 0.1) is 0 Å². The van der Waals surface area contributed by atoms with Crippen molar-refractivity contribution < 1.29 is 23.3 Å². The Morgan fingerprint density at radius 1 is 1.12 bits per heavy atom. The monoisotopic (exact) mass is 604 g/mol. The van der Waals surface area contributed by atoms with Crippen molar-refractivity contribution in [1.29, 1.82) is 0 Å². The van der Waals surface area contributed by atoms with Crippen LogP contribution in [0.1, 0.15) is 93.9 Å². The first kappa shape index (κ1) is 34.2. The fourth-order valence-corrected chi connectivity index (χ4v) is 5.75. The van der Waals surface area contributed by atoms with Crippen LogP contribution in [0.25, 0.3) is 11.1 Å². The molecule has 9 nitrogen and oxygen atoms in total. The SMILES string of the molecule is CCOB(CCCCC(NC(C)=O)(C(=O)NC(C)(C)C)C1CCN(c2nc3ccc(Cl)cc3o2)CC1)OC(C)(C)CC. The van der Waals surface area contributed by atoms with Crippen LogP contribution < -0.4 is 15.5 Å². The molecule has 1 aliphatic heterocycles. The van der Waals surface area contributed by atoms with Crippen molar-refractivity contribution in [3.8, 4) is 0 Å². The summed E-state index contributed by atoms with van der Waals surface area (Å²) >= 11 is 6.13. The number of hydrogen-bond acceptors (Lipinski definition) is 7. The van der Waals surface area contributed by atoms with E-state index in [1.165, 1.54) is 6.92 Å². The molecule has 1 aliphatic rings. The van der Waals surface area contributed by atoms with Gasteiger partial charge in [-0.3, -0.25) is 9.59 Å². The van der Waals surface area contributed by atoms with Crippen molar-refractivity contribution in [2.75, 3.05) is 24.6 Å². The van der Waals surface area contributed by atoms with Crippen molar-refractivity contribution in [3.63, 3.8) is 0 Å². The highest BCUT2D eigenvalue weighted by molar-refractivity contribution is 6.44. The first-order valence-electron chi connectivity index (χ1n) is 15.4. The molecule has 11 heteroatoms. The van der Waals surface area contributed by atoms with Crippen LogP contribution in [-0.4, -0.2) is 60.3 Å². The maximum absolute atomic E-state index is 14.0. The van der Waals surface area contributed by atoms with Crippen LogP contribution in [0.5, 0.6) is 0 Å². The summed E-state index contributed by atoms with van der Waals surface area (Å²) in [4.78, 5) is 33.4. The Labute approximate surface area is 256 Å². The summed E-state index contributed by atoms with van der Waals surface area (Å²) in [6.45, 7) is 17.5. The van der Waals surface area contributed by atoms with Gasteiger partial charge in [-0.15, -0.1) is 0 Å². The minimum Gasteiger partial charge on any atom is -0.423 e. The van der Waals surface area contributed by atoms with Crippen LogP contribution in [0.15, 0.2) is 22.6 Å². The molecule has 1 aromatic carbocycles. The highest BCUT2D eigenvalue weighted by atomic mass is 35.5. The van der Waals surface area contributed by atoms with Crippen LogP contribution in [0.2, 0.25) is 11.3 Å². The summed E-state index contributed by atoms with van der Waals surface area (Å²) in [5.41, 5.74) is -0.356. The van der Waals surface area contributed by atoms with E-state index in [9.17, 15) is 9.59 Å². The lowest BCUT2D eigenvalue weighted by Crippen LogP contribution is -2.66. The largest absolute Gasteiger partial charge is 0.457 e. The number of fused-ring (bicyclic) bond motifs is 1. The second kappa shape index (κ2) is 14.5. The quantitative estimate of drug-likeness (QED) is 0.190. The zero-order chi connectivity index (χ0) is 31.1. The van der Waals surface area contributed by atoms with Crippen molar-refractivity contribution >= 4 is 47.6 Å². The third kappa shape index (κ3) is 9.35. The van der Waals surface area contributed by atoms with Crippen LogP contribution in [0.4, 0.5) is 6.01 Å². The van der Waals surface area contributed by atoms with Crippen molar-refractivity contribution in [2.45, 2.75) is 117 Å². The number of hydrogen-bond donors (Lipinski definition) is 2. The van der Waals surface area contributed by atoms with E-state index in [0.717, 1.165) is 24.8 Å². The van der Waals surface area contributed by atoms with Gasteiger partial charge in [0.15, 0.2) is 5.58 Å². The Bertz CT molecular complexity index is 1190. The average Bonchev–Trinajstić information content (AvgIpc) is 3.32. The number of benzene rings is 1. The normalized spacial score (nSPS) is 16.4. The minimum absolute atomic E-state index is 0.0585. The molecule has 2 heterocycles. The van der Waals surface area contributed by atoms with E-state index in [-0.39, 0.29) is 30.5 Å². The maximum atomic E-state index is 14.0. The van der Waals surface area contributed by atoms with E-state index in [1.807, 2.05) is 33.8 Å². The number of nitrogens with zero attached hydrogens (tertiary/aromatic N) is 2. The number of carbonyl (C=O) groups excluding carboxylic acids is 2. The van der Waals surface area contributed by atoms with Gasteiger partial charge in [-0.05, 0) is 91.6 Å². The van der Waals surface area contributed by atoms with E-state index < -0.39 is 11.1 Å². The van der Waals surface area contributed by atoms with Crippen molar-refractivity contribution in [3.05, 3.63) is 23.2 Å². The van der Waals surface area contributed by atoms with E-state index in [2.05, 4.69) is 41.3 Å². The minimum atomic E-state index is -1.04. The molecule has 3 rings (SSSR count). The number of rotatable bonds is 14. The molecule has 0 radical (unpaired) electrons. The number of aromatic nitrogens is 1. The molecule has 1 saturated heterocycles. The Morgan fingerprint density at radius 3 is 2.40 bits per heavy atom. The fourth-order valence-electron chi connectivity index (χ4n) is 5.59. The summed E-state index contributed by atoms with van der Waals surface area (Å²) in [5, 5.41) is 6.92. The highest BCUT2D eigenvalue weighted by Gasteiger charge is 2.48. The van der Waals surface area contributed by atoms with Crippen LogP contribution in [0.3, 0.4) is 0 Å². The third-order valence-electron chi connectivity index (χ3n) is 8.01. The average molecular weight is 605 g/mol. The van der Waals surface area contributed by atoms with Gasteiger partial charge in [0, 0.05) is 48.8 Å². The van der Waals surface area contributed by atoms with Gasteiger partial charge in [0.2, 0.25) is 11.8 Å². The molecule has 1 atom stereocenters. The van der Waals surface area contributed by atoms with Crippen molar-refractivity contribution in [2.24, 2.45) is 5.92 Å². The topological polar surface area (TPSA) is 106 Å². The molecule has 0 spiro atoms. The van der Waals surface area contributed by atoms with Crippen LogP contribution in [0, 0.1) is 5.92 Å². The Morgan fingerprint density at radius 2 is 1.81 bits per heavy atom. The van der Waals surface area contributed by atoms with Gasteiger partial charge >= 0.3 is 7.12 Å². The Balaban J connectivity index is 1.77. The van der Waals surface area contributed by atoms with Gasteiger partial charge in [0.1, 0.15) is 11.1 Å². The highest BCUT2D eigenvalue weighted by Crippen LogP contribution is 2.36. The molecule has 1 fully saturated rings. The van der Waals surface area contributed by atoms with Crippen LogP contribution >= 0.6 is 11.6 Å². The molecule has 1 unspecified atom stereocenters. The predicted octanol–water partition coefficient (Wildman–Crippen LogP) is 6.39. The number of halogens is 1. The lowest BCUT2D eigenvalue weighted by molar-refractivity contribution is -0.137. The van der Waals surface area contributed by atoms with Crippen LogP contribution in [-0.2, 0) is 18.9 Å². The Hall–Kier alpha value is -2.30. The molecule has 1 aromatic heterocycles. The molecule has 2 amide bonds.